The van der Waals surface area contributed by atoms with Crippen LogP contribution in [0.4, 0.5) is 5.69 Å². The lowest BCUT2D eigenvalue weighted by Gasteiger charge is -2.30. The van der Waals surface area contributed by atoms with Gasteiger partial charge in [-0.1, -0.05) is 55.5 Å². The van der Waals surface area contributed by atoms with E-state index < -0.39 is 7.60 Å². The van der Waals surface area contributed by atoms with Gasteiger partial charge in [0.05, 0.1) is 13.2 Å². The first kappa shape index (κ1) is 24.5. The van der Waals surface area contributed by atoms with E-state index >= 15 is 0 Å². The smallest absolute Gasteiger partial charge is 0.337 e. The summed E-state index contributed by atoms with van der Waals surface area (Å²) in [5, 5.41) is 3.92. The maximum Gasteiger partial charge on any atom is 0.349 e. The number of anilines is 1. The number of rotatable bonds is 11. The quantitative estimate of drug-likeness (QED) is 0.335. The van der Waals surface area contributed by atoms with Crippen molar-refractivity contribution < 1.29 is 13.6 Å². The minimum atomic E-state index is -3.29. The van der Waals surface area contributed by atoms with Crippen LogP contribution in [-0.2, 0) is 26.5 Å². The van der Waals surface area contributed by atoms with Gasteiger partial charge >= 0.3 is 7.60 Å². The molecule has 1 N–H and O–H groups in total. The number of nitrogens with one attached hydrogen (secondary N) is 1. The lowest BCUT2D eigenvalue weighted by atomic mass is 10.1. The Morgan fingerprint density at radius 3 is 2.30 bits per heavy atom. The standard InChI is InChI=1S/C23H33N2O3PS/c1-5-21-15-11-12-19(4)22(21)24-23(30)25(17-16-20-13-9-8-10-14-20)18-29(26,27-6-2)28-7-3/h8-15H,5-7,16-18H2,1-4H3,(H,24,30). The molecule has 0 aliphatic heterocycles. The molecule has 0 amide bonds. The van der Waals surface area contributed by atoms with Crippen LogP contribution >= 0.6 is 19.8 Å². The number of aryl methyl sites for hydroxylation is 2. The predicted molar refractivity (Wildman–Crippen MR) is 129 cm³/mol. The second-order valence-electron chi connectivity index (χ2n) is 6.98. The number of benzene rings is 2. The molecule has 0 saturated heterocycles. The summed E-state index contributed by atoms with van der Waals surface area (Å²) >= 11 is 5.76. The molecule has 0 saturated carbocycles. The van der Waals surface area contributed by atoms with E-state index in [-0.39, 0.29) is 6.29 Å². The number of thiocarbonyl (C=S) groups is 1. The van der Waals surface area contributed by atoms with Crippen LogP contribution in [0, 0.1) is 6.92 Å². The van der Waals surface area contributed by atoms with Gasteiger partial charge in [0.25, 0.3) is 0 Å². The van der Waals surface area contributed by atoms with E-state index in [1.807, 2.05) is 43.0 Å². The van der Waals surface area contributed by atoms with E-state index in [1.165, 1.54) is 11.1 Å². The first-order chi connectivity index (χ1) is 14.4. The summed E-state index contributed by atoms with van der Waals surface area (Å²) in [5.74, 6) is 0. The molecular weight excluding hydrogens is 415 g/mol. The van der Waals surface area contributed by atoms with Crippen molar-refractivity contribution in [3.8, 4) is 0 Å². The van der Waals surface area contributed by atoms with Crippen molar-refractivity contribution in [2.45, 2.75) is 40.5 Å². The van der Waals surface area contributed by atoms with Gasteiger partial charge < -0.3 is 19.3 Å². The van der Waals surface area contributed by atoms with E-state index in [4.69, 9.17) is 21.3 Å². The summed E-state index contributed by atoms with van der Waals surface area (Å²) in [5.41, 5.74) is 4.52. The highest BCUT2D eigenvalue weighted by Gasteiger charge is 2.28. The van der Waals surface area contributed by atoms with Crippen LogP contribution in [0.1, 0.15) is 37.5 Å². The van der Waals surface area contributed by atoms with Crippen LogP contribution in [-0.4, -0.2) is 36.1 Å². The van der Waals surface area contributed by atoms with Gasteiger partial charge in [-0.15, -0.1) is 0 Å². The summed E-state index contributed by atoms with van der Waals surface area (Å²) in [6, 6.07) is 16.4. The summed E-state index contributed by atoms with van der Waals surface area (Å²) in [7, 11) is -3.29. The first-order valence-electron chi connectivity index (χ1n) is 10.5. The van der Waals surface area contributed by atoms with Crippen molar-refractivity contribution in [1.82, 2.24) is 4.90 Å². The molecule has 2 aromatic rings. The average molecular weight is 449 g/mol. The fourth-order valence-corrected chi connectivity index (χ4v) is 5.33. The fraction of sp³-hybridized carbons (Fsp3) is 0.435. The second-order valence-corrected chi connectivity index (χ2v) is 9.39. The third-order valence-corrected chi connectivity index (χ3v) is 7.12. The van der Waals surface area contributed by atoms with Crippen LogP contribution in [0.25, 0.3) is 0 Å². The SMILES string of the molecule is CCOP(=O)(CN(CCc1ccccc1)C(=S)Nc1c(C)cccc1CC)OCC. The molecule has 164 valence electrons. The van der Waals surface area contributed by atoms with Crippen LogP contribution in [0.3, 0.4) is 0 Å². The number of hydrogen-bond acceptors (Lipinski definition) is 4. The highest BCUT2D eigenvalue weighted by molar-refractivity contribution is 7.80. The monoisotopic (exact) mass is 448 g/mol. The van der Waals surface area contributed by atoms with Crippen LogP contribution in [0.2, 0.25) is 0 Å². The molecule has 2 aromatic carbocycles. The Kier molecular flexibility index (Phi) is 9.99. The van der Waals surface area contributed by atoms with Gasteiger partial charge in [0.2, 0.25) is 0 Å². The zero-order chi connectivity index (χ0) is 22.0. The number of para-hydroxylation sites is 1. The highest BCUT2D eigenvalue weighted by Crippen LogP contribution is 2.48. The van der Waals surface area contributed by atoms with Gasteiger partial charge in [0.1, 0.15) is 6.29 Å². The molecule has 0 fully saturated rings. The minimum Gasteiger partial charge on any atom is -0.337 e. The van der Waals surface area contributed by atoms with Crippen molar-refractivity contribution in [2.24, 2.45) is 0 Å². The maximum atomic E-state index is 13.2. The third kappa shape index (κ3) is 7.21. The lowest BCUT2D eigenvalue weighted by molar-refractivity contribution is 0.210. The van der Waals surface area contributed by atoms with Gasteiger partial charge in [-0.05, 0) is 62.5 Å². The van der Waals surface area contributed by atoms with Gasteiger partial charge in [0.15, 0.2) is 5.11 Å². The summed E-state index contributed by atoms with van der Waals surface area (Å²) in [4.78, 5) is 1.90. The fourth-order valence-electron chi connectivity index (χ4n) is 3.25. The molecule has 2 rings (SSSR count). The Morgan fingerprint density at radius 1 is 1.03 bits per heavy atom. The van der Waals surface area contributed by atoms with Crippen LogP contribution in [0.15, 0.2) is 48.5 Å². The normalized spacial score (nSPS) is 11.3. The molecule has 0 atom stereocenters. The molecule has 30 heavy (non-hydrogen) atoms. The molecular formula is C23H33N2O3PS. The number of hydrogen-bond donors (Lipinski definition) is 1. The largest absolute Gasteiger partial charge is 0.349 e. The van der Waals surface area contributed by atoms with Gasteiger partial charge in [-0.3, -0.25) is 4.57 Å². The van der Waals surface area contributed by atoms with Crippen molar-refractivity contribution in [1.29, 1.82) is 0 Å². The minimum absolute atomic E-state index is 0.112. The Bertz CT molecular complexity index is 851. The maximum absolute atomic E-state index is 13.2. The second kappa shape index (κ2) is 12.2. The molecule has 0 unspecified atom stereocenters. The van der Waals surface area contributed by atoms with E-state index in [2.05, 4.69) is 43.4 Å². The molecule has 0 heterocycles. The predicted octanol–water partition coefficient (Wildman–Crippen LogP) is 6.02. The molecule has 0 aromatic heterocycles. The summed E-state index contributed by atoms with van der Waals surface area (Å²) in [6.07, 6.45) is 1.78. The van der Waals surface area contributed by atoms with Crippen LogP contribution in [0.5, 0.6) is 0 Å². The summed E-state index contributed by atoms with van der Waals surface area (Å²) in [6.45, 7) is 9.06. The van der Waals surface area contributed by atoms with Crippen molar-refractivity contribution in [3.63, 3.8) is 0 Å². The molecule has 0 bridgehead atoms. The summed E-state index contributed by atoms with van der Waals surface area (Å²) < 4.78 is 24.3. The van der Waals surface area contributed by atoms with Gasteiger partial charge in [-0.25, -0.2) is 0 Å². The Balaban J connectivity index is 2.25. The Hall–Kier alpha value is -1.72. The Morgan fingerprint density at radius 2 is 1.70 bits per heavy atom. The van der Waals surface area contributed by atoms with E-state index in [9.17, 15) is 4.57 Å². The van der Waals surface area contributed by atoms with E-state index in [0.29, 0.717) is 24.9 Å². The van der Waals surface area contributed by atoms with Crippen molar-refractivity contribution in [3.05, 3.63) is 65.2 Å². The average Bonchev–Trinajstić information content (AvgIpc) is 2.73. The zero-order valence-corrected chi connectivity index (χ0v) is 20.1. The van der Waals surface area contributed by atoms with Crippen LogP contribution < -0.4 is 5.32 Å². The lowest BCUT2D eigenvalue weighted by Crippen LogP contribution is -2.38. The van der Waals surface area contributed by atoms with Gasteiger partial charge in [-0.2, -0.15) is 0 Å². The molecule has 0 spiro atoms. The third-order valence-electron chi connectivity index (χ3n) is 4.77. The highest BCUT2D eigenvalue weighted by atomic mass is 32.1. The molecule has 0 radical (unpaired) electrons. The van der Waals surface area contributed by atoms with E-state index in [1.54, 1.807) is 0 Å². The van der Waals surface area contributed by atoms with Crippen molar-refractivity contribution in [2.75, 3.05) is 31.4 Å². The van der Waals surface area contributed by atoms with E-state index in [0.717, 1.165) is 24.1 Å². The van der Waals surface area contributed by atoms with Gasteiger partial charge in [0, 0.05) is 12.2 Å². The number of nitrogens with zero attached hydrogens (tertiary/aromatic N) is 1. The molecule has 0 aliphatic carbocycles. The Labute approximate surface area is 186 Å². The molecule has 0 aliphatic rings. The molecule has 7 heteroatoms. The topological polar surface area (TPSA) is 50.8 Å². The zero-order valence-electron chi connectivity index (χ0n) is 18.4. The molecule has 5 nitrogen and oxygen atoms in total. The first-order valence-corrected chi connectivity index (χ1v) is 12.6. The van der Waals surface area contributed by atoms with Crippen molar-refractivity contribution >= 4 is 30.6 Å².